The monoisotopic (exact) mass is 467 g/mol. The summed E-state index contributed by atoms with van der Waals surface area (Å²) in [5.41, 5.74) is 13.9. The zero-order valence-electron chi connectivity index (χ0n) is 16.3. The SMILES string of the molecule is Nc1c(NNC(=O)c2ccc(Br)cc2)ncnc1N1CCN(c2ccccc2)CC1. The van der Waals surface area contributed by atoms with Crippen molar-refractivity contribution in [1.29, 1.82) is 0 Å². The second kappa shape index (κ2) is 9.00. The van der Waals surface area contributed by atoms with Crippen molar-refractivity contribution in [1.82, 2.24) is 15.4 Å². The average molecular weight is 468 g/mol. The van der Waals surface area contributed by atoms with Gasteiger partial charge in [0.1, 0.15) is 12.0 Å². The summed E-state index contributed by atoms with van der Waals surface area (Å²) in [6.07, 6.45) is 1.45. The summed E-state index contributed by atoms with van der Waals surface area (Å²) in [5.74, 6) is 0.757. The molecule has 1 aliphatic rings. The first-order valence-electron chi connectivity index (χ1n) is 9.59. The number of hydrogen-bond acceptors (Lipinski definition) is 7. The number of carbonyl (C=O) groups excluding carboxylic acids is 1. The molecule has 1 fully saturated rings. The largest absolute Gasteiger partial charge is 0.393 e. The summed E-state index contributed by atoms with van der Waals surface area (Å²) in [5, 5.41) is 0. The highest BCUT2D eigenvalue weighted by atomic mass is 79.9. The number of nitrogens with one attached hydrogen (secondary N) is 2. The van der Waals surface area contributed by atoms with E-state index in [1.807, 2.05) is 18.2 Å². The van der Waals surface area contributed by atoms with Crippen molar-refractivity contribution in [3.8, 4) is 0 Å². The first kappa shape index (κ1) is 20.0. The number of anilines is 4. The molecule has 1 amide bonds. The van der Waals surface area contributed by atoms with Gasteiger partial charge in [-0.15, -0.1) is 0 Å². The first-order valence-corrected chi connectivity index (χ1v) is 10.4. The van der Waals surface area contributed by atoms with Crippen molar-refractivity contribution in [2.45, 2.75) is 0 Å². The highest BCUT2D eigenvalue weighted by Crippen LogP contribution is 2.27. The van der Waals surface area contributed by atoms with Crippen LogP contribution in [0.15, 0.2) is 65.4 Å². The Morgan fingerprint density at radius 2 is 1.60 bits per heavy atom. The summed E-state index contributed by atoms with van der Waals surface area (Å²) in [7, 11) is 0. The third kappa shape index (κ3) is 4.46. The predicted octanol–water partition coefficient (Wildman–Crippen LogP) is 2.90. The average Bonchev–Trinajstić information content (AvgIpc) is 2.79. The number of carbonyl (C=O) groups is 1. The molecule has 0 aliphatic carbocycles. The van der Waals surface area contributed by atoms with Gasteiger partial charge in [0, 0.05) is 41.9 Å². The predicted molar refractivity (Wildman–Crippen MR) is 123 cm³/mol. The molecule has 0 spiro atoms. The standard InChI is InChI=1S/C21H22BrN7O/c22-16-8-6-15(7-9-16)21(30)27-26-19-18(23)20(25-14-24-19)29-12-10-28(11-13-29)17-4-2-1-3-5-17/h1-9,14H,10-13,23H2,(H,27,30)(H,24,25,26). The van der Waals surface area contributed by atoms with Gasteiger partial charge in [-0.05, 0) is 36.4 Å². The number of nitrogen functional groups attached to an aromatic ring is 1. The molecule has 8 nitrogen and oxygen atoms in total. The third-order valence-electron chi connectivity index (χ3n) is 4.96. The van der Waals surface area contributed by atoms with E-state index < -0.39 is 0 Å². The maximum absolute atomic E-state index is 12.3. The zero-order chi connectivity index (χ0) is 20.9. The van der Waals surface area contributed by atoms with E-state index >= 15 is 0 Å². The summed E-state index contributed by atoms with van der Waals surface area (Å²) in [4.78, 5) is 25.3. The molecular weight excluding hydrogens is 446 g/mol. The number of amides is 1. The number of para-hydroxylation sites is 1. The number of nitrogens with two attached hydrogens (primary N) is 1. The molecule has 154 valence electrons. The van der Waals surface area contributed by atoms with E-state index in [0.29, 0.717) is 22.9 Å². The number of benzene rings is 2. The molecule has 1 saturated heterocycles. The van der Waals surface area contributed by atoms with Crippen molar-refractivity contribution < 1.29 is 4.79 Å². The fraction of sp³-hybridized carbons (Fsp3) is 0.190. The van der Waals surface area contributed by atoms with Gasteiger partial charge in [-0.1, -0.05) is 34.1 Å². The second-order valence-corrected chi connectivity index (χ2v) is 7.77. The van der Waals surface area contributed by atoms with Crippen LogP contribution in [0.4, 0.5) is 23.0 Å². The topological polar surface area (TPSA) is 99.4 Å². The quantitative estimate of drug-likeness (QED) is 0.496. The Labute approximate surface area is 183 Å². The molecule has 1 aromatic heterocycles. The normalized spacial score (nSPS) is 13.8. The van der Waals surface area contributed by atoms with Gasteiger partial charge in [0.15, 0.2) is 11.6 Å². The minimum absolute atomic E-state index is 0.279. The maximum atomic E-state index is 12.3. The molecule has 1 aliphatic heterocycles. The molecule has 0 saturated carbocycles. The zero-order valence-corrected chi connectivity index (χ0v) is 17.8. The van der Waals surface area contributed by atoms with Crippen molar-refractivity contribution in [2.24, 2.45) is 0 Å². The van der Waals surface area contributed by atoms with E-state index in [0.717, 1.165) is 30.7 Å². The number of hydrogen-bond donors (Lipinski definition) is 3. The van der Waals surface area contributed by atoms with E-state index in [-0.39, 0.29) is 5.91 Å². The number of aromatic nitrogens is 2. The van der Waals surface area contributed by atoms with Gasteiger partial charge < -0.3 is 15.5 Å². The molecule has 9 heteroatoms. The van der Waals surface area contributed by atoms with Crippen molar-refractivity contribution in [3.63, 3.8) is 0 Å². The lowest BCUT2D eigenvalue weighted by Gasteiger charge is -2.37. The third-order valence-corrected chi connectivity index (χ3v) is 5.49. The summed E-state index contributed by atoms with van der Waals surface area (Å²) in [6, 6.07) is 17.4. The lowest BCUT2D eigenvalue weighted by Crippen LogP contribution is -2.47. The smallest absolute Gasteiger partial charge is 0.269 e. The fourth-order valence-electron chi connectivity index (χ4n) is 3.34. The lowest BCUT2D eigenvalue weighted by atomic mass is 10.2. The van der Waals surface area contributed by atoms with Crippen LogP contribution < -0.4 is 26.4 Å². The van der Waals surface area contributed by atoms with Crippen molar-refractivity contribution in [2.75, 3.05) is 47.1 Å². The van der Waals surface area contributed by atoms with Gasteiger partial charge in [-0.3, -0.25) is 15.6 Å². The Morgan fingerprint density at radius 1 is 0.933 bits per heavy atom. The molecule has 3 aromatic rings. The number of nitrogens with zero attached hydrogens (tertiary/aromatic N) is 4. The minimum Gasteiger partial charge on any atom is -0.393 e. The van der Waals surface area contributed by atoms with E-state index in [2.05, 4.69) is 58.7 Å². The van der Waals surface area contributed by atoms with Gasteiger partial charge >= 0.3 is 0 Å². The van der Waals surface area contributed by atoms with Gasteiger partial charge in [0.05, 0.1) is 0 Å². The van der Waals surface area contributed by atoms with Crippen LogP contribution in [-0.4, -0.2) is 42.1 Å². The van der Waals surface area contributed by atoms with Crippen LogP contribution in [-0.2, 0) is 0 Å². The number of halogens is 1. The summed E-state index contributed by atoms with van der Waals surface area (Å²) < 4.78 is 0.907. The molecule has 2 aromatic carbocycles. The Kier molecular flexibility index (Phi) is 5.99. The van der Waals surface area contributed by atoms with Crippen LogP contribution >= 0.6 is 15.9 Å². The highest BCUT2D eigenvalue weighted by Gasteiger charge is 2.21. The van der Waals surface area contributed by atoms with Gasteiger partial charge in [0.2, 0.25) is 0 Å². The Bertz CT molecular complexity index is 1010. The molecule has 30 heavy (non-hydrogen) atoms. The van der Waals surface area contributed by atoms with Crippen LogP contribution in [0.2, 0.25) is 0 Å². The molecule has 0 bridgehead atoms. The fourth-order valence-corrected chi connectivity index (χ4v) is 3.61. The van der Waals surface area contributed by atoms with Crippen LogP contribution in [0.5, 0.6) is 0 Å². The maximum Gasteiger partial charge on any atom is 0.269 e. The van der Waals surface area contributed by atoms with Gasteiger partial charge in [0.25, 0.3) is 5.91 Å². The van der Waals surface area contributed by atoms with E-state index in [4.69, 9.17) is 5.73 Å². The van der Waals surface area contributed by atoms with E-state index in [1.165, 1.54) is 12.0 Å². The molecule has 4 rings (SSSR count). The number of rotatable bonds is 5. The summed E-state index contributed by atoms with van der Waals surface area (Å²) >= 11 is 3.35. The Hall–Kier alpha value is -3.33. The molecule has 0 atom stereocenters. The molecule has 2 heterocycles. The van der Waals surface area contributed by atoms with Crippen LogP contribution in [0.25, 0.3) is 0 Å². The van der Waals surface area contributed by atoms with Crippen LogP contribution in [0.1, 0.15) is 10.4 Å². The van der Waals surface area contributed by atoms with E-state index in [9.17, 15) is 4.79 Å². The second-order valence-electron chi connectivity index (χ2n) is 6.86. The van der Waals surface area contributed by atoms with Crippen molar-refractivity contribution >= 4 is 44.8 Å². The molecule has 0 radical (unpaired) electrons. The van der Waals surface area contributed by atoms with Crippen LogP contribution in [0, 0.1) is 0 Å². The molecular formula is C21H22BrN7O. The van der Waals surface area contributed by atoms with Crippen molar-refractivity contribution in [3.05, 3.63) is 71.0 Å². The Morgan fingerprint density at radius 3 is 2.30 bits per heavy atom. The van der Waals surface area contributed by atoms with Gasteiger partial charge in [-0.25, -0.2) is 9.97 Å². The minimum atomic E-state index is -0.279. The lowest BCUT2D eigenvalue weighted by molar-refractivity contribution is 0.0962. The van der Waals surface area contributed by atoms with Crippen LogP contribution in [0.3, 0.4) is 0 Å². The van der Waals surface area contributed by atoms with Gasteiger partial charge in [-0.2, -0.15) is 0 Å². The number of piperazine rings is 1. The first-order chi connectivity index (χ1) is 14.6. The highest BCUT2D eigenvalue weighted by molar-refractivity contribution is 9.10. The molecule has 0 unspecified atom stereocenters. The Balaban J connectivity index is 1.39. The number of hydrazine groups is 1. The van der Waals surface area contributed by atoms with E-state index in [1.54, 1.807) is 24.3 Å². The molecule has 4 N–H and O–H groups in total. The summed E-state index contributed by atoms with van der Waals surface area (Å²) in [6.45, 7) is 3.33.